The van der Waals surface area contributed by atoms with E-state index in [2.05, 4.69) is 42.5 Å². The predicted molar refractivity (Wildman–Crippen MR) is 87.8 cm³/mol. The second-order valence-corrected chi connectivity index (χ2v) is 5.90. The fraction of sp³-hybridized carbons (Fsp3) is 0.588. The van der Waals surface area contributed by atoms with Crippen molar-refractivity contribution in [3.05, 3.63) is 28.8 Å². The van der Waals surface area contributed by atoms with Crippen molar-refractivity contribution < 1.29 is 5.11 Å². The third-order valence-corrected chi connectivity index (χ3v) is 3.79. The molecule has 2 rings (SSSR count). The maximum Gasteiger partial charge on any atom is 0.191 e. The number of benzene rings is 1. The Kier molecular flexibility index (Phi) is 5.48. The summed E-state index contributed by atoms with van der Waals surface area (Å²) in [6, 6.07) is 4.22. The van der Waals surface area contributed by atoms with Gasteiger partial charge < -0.3 is 15.7 Å². The molecule has 0 bridgehead atoms. The van der Waals surface area contributed by atoms with Crippen LogP contribution < -0.4 is 10.6 Å². The maximum absolute atomic E-state index is 10.2. The lowest BCUT2D eigenvalue weighted by atomic mass is 9.88. The highest BCUT2D eigenvalue weighted by Crippen LogP contribution is 2.30. The van der Waals surface area contributed by atoms with Crippen LogP contribution in [-0.4, -0.2) is 23.7 Å². The molecule has 116 valence electrons. The van der Waals surface area contributed by atoms with Gasteiger partial charge in [0.25, 0.3) is 0 Å². The number of aryl methyl sites for hydroxylation is 1. The van der Waals surface area contributed by atoms with Crippen LogP contribution in [-0.2, 0) is 19.4 Å². The average molecular weight is 289 g/mol. The number of fused-ring (bicyclic) bond motifs is 1. The monoisotopic (exact) mass is 289 g/mol. The molecule has 0 aliphatic heterocycles. The van der Waals surface area contributed by atoms with E-state index in [9.17, 15) is 5.11 Å². The van der Waals surface area contributed by atoms with E-state index in [1.807, 2.05) is 6.07 Å². The average Bonchev–Trinajstić information content (AvgIpc) is 2.45. The summed E-state index contributed by atoms with van der Waals surface area (Å²) in [6.07, 6.45) is 4.63. The van der Waals surface area contributed by atoms with E-state index in [1.165, 1.54) is 24.0 Å². The normalized spacial score (nSPS) is 15.0. The molecule has 1 aliphatic rings. The van der Waals surface area contributed by atoms with Gasteiger partial charge in [0, 0.05) is 18.2 Å². The minimum Gasteiger partial charge on any atom is -0.508 e. The van der Waals surface area contributed by atoms with Gasteiger partial charge in [-0.2, -0.15) is 0 Å². The molecule has 4 nitrogen and oxygen atoms in total. The Hall–Kier alpha value is -1.71. The number of nitrogens with zero attached hydrogens (tertiary/aromatic N) is 1. The molecule has 0 saturated carbocycles. The molecule has 1 aromatic rings. The number of hydrogen-bond acceptors (Lipinski definition) is 2. The topological polar surface area (TPSA) is 56.7 Å². The number of phenolic OH excluding ortho intramolecular Hbond substituents is 1. The zero-order chi connectivity index (χ0) is 15.2. The van der Waals surface area contributed by atoms with E-state index < -0.39 is 0 Å². The molecule has 0 saturated heterocycles. The molecule has 1 aliphatic carbocycles. The zero-order valence-corrected chi connectivity index (χ0v) is 13.4. The van der Waals surface area contributed by atoms with Gasteiger partial charge in [-0.25, -0.2) is 4.99 Å². The first-order valence-corrected chi connectivity index (χ1v) is 7.99. The molecule has 0 unspecified atom stereocenters. The van der Waals surface area contributed by atoms with Crippen molar-refractivity contribution >= 4 is 5.96 Å². The van der Waals surface area contributed by atoms with Crippen molar-refractivity contribution in [3.8, 4) is 5.75 Å². The maximum atomic E-state index is 10.2. The summed E-state index contributed by atoms with van der Waals surface area (Å²) in [5, 5.41) is 16.7. The molecule has 0 radical (unpaired) electrons. The lowest BCUT2D eigenvalue weighted by Crippen LogP contribution is -2.41. The van der Waals surface area contributed by atoms with Crippen LogP contribution in [0.15, 0.2) is 17.1 Å². The predicted octanol–water partition coefficient (Wildman–Crippen LogP) is 2.73. The molecule has 0 heterocycles. The minimum atomic E-state index is 0.334. The van der Waals surface area contributed by atoms with Crippen LogP contribution in [0.4, 0.5) is 0 Å². The van der Waals surface area contributed by atoms with Crippen LogP contribution in [0.5, 0.6) is 5.75 Å². The van der Waals surface area contributed by atoms with Crippen LogP contribution in [0.25, 0.3) is 0 Å². The number of phenols is 1. The SMILES string of the molecule is CCNC(=NCc1c(O)ccc2c1CCCC2)NC(C)C. The molecule has 1 aromatic carbocycles. The van der Waals surface area contributed by atoms with E-state index in [4.69, 9.17) is 0 Å². The standard InChI is InChI=1S/C17H27N3O/c1-4-18-17(20-12(2)3)19-11-15-14-8-6-5-7-13(14)9-10-16(15)21/h9-10,12,21H,4-8,11H2,1-3H3,(H2,18,19,20). The molecule has 0 aromatic heterocycles. The summed E-state index contributed by atoms with van der Waals surface area (Å²) in [4.78, 5) is 4.63. The summed E-state index contributed by atoms with van der Waals surface area (Å²) in [5.41, 5.74) is 3.68. The first-order valence-electron chi connectivity index (χ1n) is 7.99. The highest BCUT2D eigenvalue weighted by atomic mass is 16.3. The van der Waals surface area contributed by atoms with Gasteiger partial charge >= 0.3 is 0 Å². The smallest absolute Gasteiger partial charge is 0.191 e. The van der Waals surface area contributed by atoms with Crippen LogP contribution in [0.3, 0.4) is 0 Å². The van der Waals surface area contributed by atoms with Crippen molar-refractivity contribution in [1.29, 1.82) is 0 Å². The highest BCUT2D eigenvalue weighted by molar-refractivity contribution is 5.80. The number of aromatic hydroxyl groups is 1. The summed E-state index contributed by atoms with van der Waals surface area (Å²) in [6.45, 7) is 7.59. The lowest BCUT2D eigenvalue weighted by Gasteiger charge is -2.20. The van der Waals surface area contributed by atoms with Gasteiger partial charge in [-0.05, 0) is 63.6 Å². The number of nitrogens with one attached hydrogen (secondary N) is 2. The first kappa shape index (κ1) is 15.7. The van der Waals surface area contributed by atoms with Gasteiger partial charge in [-0.3, -0.25) is 0 Å². The molecule has 3 N–H and O–H groups in total. The van der Waals surface area contributed by atoms with Crippen molar-refractivity contribution in [3.63, 3.8) is 0 Å². The van der Waals surface area contributed by atoms with Crippen molar-refractivity contribution in [2.75, 3.05) is 6.54 Å². The molecule has 0 spiro atoms. The zero-order valence-electron chi connectivity index (χ0n) is 13.4. The van der Waals surface area contributed by atoms with E-state index in [1.54, 1.807) is 0 Å². The van der Waals surface area contributed by atoms with Crippen molar-refractivity contribution in [2.24, 2.45) is 4.99 Å². The highest BCUT2D eigenvalue weighted by Gasteiger charge is 2.16. The van der Waals surface area contributed by atoms with Gasteiger partial charge in [0.2, 0.25) is 0 Å². The van der Waals surface area contributed by atoms with Crippen LogP contribution in [0.1, 0.15) is 50.3 Å². The van der Waals surface area contributed by atoms with Crippen molar-refractivity contribution in [1.82, 2.24) is 10.6 Å². The Morgan fingerprint density at radius 1 is 1.29 bits per heavy atom. The lowest BCUT2D eigenvalue weighted by molar-refractivity contribution is 0.465. The molecule has 0 amide bonds. The third-order valence-electron chi connectivity index (χ3n) is 3.79. The van der Waals surface area contributed by atoms with Crippen molar-refractivity contribution in [2.45, 2.75) is 59.0 Å². The van der Waals surface area contributed by atoms with Gasteiger partial charge in [0.15, 0.2) is 5.96 Å². The second kappa shape index (κ2) is 7.34. The Labute approximate surface area is 127 Å². The fourth-order valence-electron chi connectivity index (χ4n) is 2.82. The van der Waals surface area contributed by atoms with E-state index in [-0.39, 0.29) is 0 Å². The van der Waals surface area contributed by atoms with E-state index in [0.29, 0.717) is 18.3 Å². The van der Waals surface area contributed by atoms with Crippen LogP contribution in [0.2, 0.25) is 0 Å². The number of rotatable bonds is 4. The first-order chi connectivity index (χ1) is 10.1. The Bertz CT molecular complexity index is 509. The molecule has 21 heavy (non-hydrogen) atoms. The molecule has 4 heteroatoms. The number of guanidine groups is 1. The van der Waals surface area contributed by atoms with E-state index >= 15 is 0 Å². The quantitative estimate of drug-likeness (QED) is 0.590. The Morgan fingerprint density at radius 2 is 2.05 bits per heavy atom. The molecular weight excluding hydrogens is 262 g/mol. The number of hydrogen-bond donors (Lipinski definition) is 3. The second-order valence-electron chi connectivity index (χ2n) is 5.90. The van der Waals surface area contributed by atoms with E-state index in [0.717, 1.165) is 30.9 Å². The largest absolute Gasteiger partial charge is 0.508 e. The molecular formula is C17H27N3O. The van der Waals surface area contributed by atoms with Gasteiger partial charge in [-0.1, -0.05) is 6.07 Å². The summed E-state index contributed by atoms with van der Waals surface area (Å²) in [5.74, 6) is 1.18. The van der Waals surface area contributed by atoms with Gasteiger partial charge in [0.05, 0.1) is 6.54 Å². The van der Waals surface area contributed by atoms with Crippen LogP contribution >= 0.6 is 0 Å². The summed E-state index contributed by atoms with van der Waals surface area (Å²) in [7, 11) is 0. The van der Waals surface area contributed by atoms with Gasteiger partial charge in [-0.15, -0.1) is 0 Å². The van der Waals surface area contributed by atoms with Crippen LogP contribution in [0, 0.1) is 0 Å². The third kappa shape index (κ3) is 4.13. The molecule has 0 fully saturated rings. The Morgan fingerprint density at radius 3 is 2.76 bits per heavy atom. The fourth-order valence-corrected chi connectivity index (χ4v) is 2.82. The number of aliphatic imine (C=N–C) groups is 1. The van der Waals surface area contributed by atoms with Gasteiger partial charge in [0.1, 0.15) is 5.75 Å². The molecule has 0 atom stereocenters. The Balaban J connectivity index is 2.21. The summed E-state index contributed by atoms with van der Waals surface area (Å²) >= 11 is 0. The minimum absolute atomic E-state index is 0.334. The summed E-state index contributed by atoms with van der Waals surface area (Å²) < 4.78 is 0.